The second kappa shape index (κ2) is 8.68. The molecule has 1 aromatic carbocycles. The number of unbranched alkanes of at least 4 members (excludes halogenated alkanes) is 1. The van der Waals surface area contributed by atoms with E-state index in [2.05, 4.69) is 66.7 Å². The molecule has 2 atom stereocenters. The molecule has 1 rings (SSSR count). The van der Waals surface area contributed by atoms with Crippen LogP contribution in [0.1, 0.15) is 52.5 Å². The maximum Gasteiger partial charge on any atom is 0.0513 e. The molecule has 114 valence electrons. The largest absolute Gasteiger partial charge is 0.368 e. The summed E-state index contributed by atoms with van der Waals surface area (Å²) >= 11 is 3.74. The first-order valence-corrected chi connectivity index (χ1v) is 8.59. The third-order valence-corrected chi connectivity index (χ3v) is 4.39. The zero-order valence-corrected chi connectivity index (χ0v) is 14.9. The van der Waals surface area contributed by atoms with E-state index in [1.807, 2.05) is 0 Å². The van der Waals surface area contributed by atoms with E-state index in [0.29, 0.717) is 6.04 Å². The summed E-state index contributed by atoms with van der Waals surface area (Å²) in [5.74, 6) is 0. The third-order valence-electron chi connectivity index (χ3n) is 3.75. The lowest BCUT2D eigenvalue weighted by molar-refractivity contribution is 0.595. The summed E-state index contributed by atoms with van der Waals surface area (Å²) in [6, 6.07) is 7.45. The van der Waals surface area contributed by atoms with E-state index in [4.69, 9.17) is 5.73 Å². The van der Waals surface area contributed by atoms with Gasteiger partial charge in [0.25, 0.3) is 0 Å². The van der Waals surface area contributed by atoms with Crippen LogP contribution >= 0.6 is 15.9 Å². The summed E-state index contributed by atoms with van der Waals surface area (Å²) in [5, 5.41) is 0. The van der Waals surface area contributed by atoms with E-state index < -0.39 is 0 Å². The van der Waals surface area contributed by atoms with Crippen LogP contribution in [0.2, 0.25) is 0 Å². The highest BCUT2D eigenvalue weighted by molar-refractivity contribution is 9.10. The van der Waals surface area contributed by atoms with Gasteiger partial charge < -0.3 is 10.6 Å². The van der Waals surface area contributed by atoms with Crippen LogP contribution in [-0.2, 0) is 6.42 Å². The SMILES string of the molecule is CCCCN(c1ccc(CC(C)N)cc1Br)C(C)CC. The fourth-order valence-electron chi connectivity index (χ4n) is 2.41. The number of hydrogen-bond acceptors (Lipinski definition) is 2. The van der Waals surface area contributed by atoms with E-state index in [-0.39, 0.29) is 6.04 Å². The number of hydrogen-bond donors (Lipinski definition) is 1. The van der Waals surface area contributed by atoms with E-state index in [0.717, 1.165) is 19.4 Å². The maximum absolute atomic E-state index is 5.88. The lowest BCUT2D eigenvalue weighted by Crippen LogP contribution is -2.33. The van der Waals surface area contributed by atoms with Crippen LogP contribution in [0.3, 0.4) is 0 Å². The molecule has 0 bridgehead atoms. The number of nitrogens with zero attached hydrogens (tertiary/aromatic N) is 1. The van der Waals surface area contributed by atoms with Crippen molar-refractivity contribution in [1.82, 2.24) is 0 Å². The predicted molar refractivity (Wildman–Crippen MR) is 93.5 cm³/mol. The molecular formula is C17H29BrN2. The Hall–Kier alpha value is -0.540. The van der Waals surface area contributed by atoms with Gasteiger partial charge in [0.1, 0.15) is 0 Å². The van der Waals surface area contributed by atoms with E-state index in [1.165, 1.54) is 28.6 Å². The number of nitrogens with two attached hydrogens (primary N) is 1. The molecule has 0 heterocycles. The summed E-state index contributed by atoms with van der Waals surface area (Å²) in [4.78, 5) is 2.52. The van der Waals surface area contributed by atoms with Crippen molar-refractivity contribution in [3.8, 4) is 0 Å². The van der Waals surface area contributed by atoms with Crippen molar-refractivity contribution in [1.29, 1.82) is 0 Å². The van der Waals surface area contributed by atoms with Crippen LogP contribution in [0.15, 0.2) is 22.7 Å². The van der Waals surface area contributed by atoms with Crippen LogP contribution in [0.25, 0.3) is 0 Å². The highest BCUT2D eigenvalue weighted by Gasteiger charge is 2.15. The standard InChI is InChI=1S/C17H29BrN2/c1-5-7-10-20(14(4)6-2)17-9-8-15(11-13(3)19)12-16(17)18/h8-9,12-14H,5-7,10-11,19H2,1-4H3. The minimum absolute atomic E-state index is 0.207. The van der Waals surface area contributed by atoms with Gasteiger partial charge in [0.2, 0.25) is 0 Å². The van der Waals surface area contributed by atoms with Crippen molar-refractivity contribution >= 4 is 21.6 Å². The zero-order valence-electron chi connectivity index (χ0n) is 13.3. The Balaban J connectivity index is 2.95. The summed E-state index contributed by atoms with van der Waals surface area (Å²) in [5.41, 5.74) is 8.49. The van der Waals surface area contributed by atoms with Crippen molar-refractivity contribution in [2.24, 2.45) is 5.73 Å². The van der Waals surface area contributed by atoms with Crippen molar-refractivity contribution in [3.05, 3.63) is 28.2 Å². The second-order valence-electron chi connectivity index (χ2n) is 5.77. The average Bonchev–Trinajstić information content (AvgIpc) is 2.40. The van der Waals surface area contributed by atoms with Gasteiger partial charge in [0.15, 0.2) is 0 Å². The molecular weight excluding hydrogens is 312 g/mol. The Bertz CT molecular complexity index is 404. The third kappa shape index (κ3) is 5.10. The van der Waals surface area contributed by atoms with Gasteiger partial charge in [0, 0.05) is 23.1 Å². The van der Waals surface area contributed by atoms with Crippen molar-refractivity contribution in [3.63, 3.8) is 0 Å². The van der Waals surface area contributed by atoms with Gasteiger partial charge in [0.05, 0.1) is 5.69 Å². The molecule has 0 fully saturated rings. The lowest BCUT2D eigenvalue weighted by atomic mass is 10.1. The lowest BCUT2D eigenvalue weighted by Gasteiger charge is -2.32. The minimum Gasteiger partial charge on any atom is -0.368 e. The molecule has 3 heteroatoms. The van der Waals surface area contributed by atoms with Gasteiger partial charge in [-0.2, -0.15) is 0 Å². The average molecular weight is 341 g/mol. The molecule has 0 aromatic heterocycles. The highest BCUT2D eigenvalue weighted by Crippen LogP contribution is 2.30. The van der Waals surface area contributed by atoms with Crippen molar-refractivity contribution in [2.75, 3.05) is 11.4 Å². The van der Waals surface area contributed by atoms with Gasteiger partial charge in [-0.3, -0.25) is 0 Å². The molecule has 0 aliphatic rings. The molecule has 1 aromatic rings. The first-order chi connectivity index (χ1) is 9.49. The first kappa shape index (κ1) is 17.5. The topological polar surface area (TPSA) is 29.3 Å². The predicted octanol–water partition coefficient (Wildman–Crippen LogP) is 4.74. The van der Waals surface area contributed by atoms with Crippen molar-refractivity contribution < 1.29 is 0 Å². The summed E-state index contributed by atoms with van der Waals surface area (Å²) in [6.45, 7) is 9.97. The summed E-state index contributed by atoms with van der Waals surface area (Å²) in [6.07, 6.45) is 4.56. The fourth-order valence-corrected chi connectivity index (χ4v) is 3.06. The Morgan fingerprint density at radius 1 is 1.25 bits per heavy atom. The summed E-state index contributed by atoms with van der Waals surface area (Å²) in [7, 11) is 0. The normalized spacial score (nSPS) is 14.1. The monoisotopic (exact) mass is 340 g/mol. The number of benzene rings is 1. The fraction of sp³-hybridized carbons (Fsp3) is 0.647. The number of anilines is 1. The minimum atomic E-state index is 0.207. The second-order valence-corrected chi connectivity index (χ2v) is 6.63. The molecule has 2 unspecified atom stereocenters. The molecule has 2 nitrogen and oxygen atoms in total. The van der Waals surface area contributed by atoms with Crippen LogP contribution in [-0.4, -0.2) is 18.6 Å². The van der Waals surface area contributed by atoms with Crippen LogP contribution in [0, 0.1) is 0 Å². The molecule has 0 aliphatic carbocycles. The molecule has 0 radical (unpaired) electrons. The van der Waals surface area contributed by atoms with E-state index in [9.17, 15) is 0 Å². The van der Waals surface area contributed by atoms with Crippen LogP contribution in [0.5, 0.6) is 0 Å². The van der Waals surface area contributed by atoms with Crippen LogP contribution < -0.4 is 10.6 Å². The van der Waals surface area contributed by atoms with E-state index >= 15 is 0 Å². The number of halogens is 1. The number of rotatable bonds is 8. The summed E-state index contributed by atoms with van der Waals surface area (Å²) < 4.78 is 1.19. The molecule has 0 saturated heterocycles. The quantitative estimate of drug-likeness (QED) is 0.740. The smallest absolute Gasteiger partial charge is 0.0513 e. The Labute approximate surface area is 132 Å². The molecule has 0 amide bonds. The zero-order chi connectivity index (χ0) is 15.1. The van der Waals surface area contributed by atoms with E-state index in [1.54, 1.807) is 0 Å². The molecule has 0 saturated carbocycles. The van der Waals surface area contributed by atoms with Gasteiger partial charge in [-0.1, -0.05) is 26.3 Å². The molecule has 0 spiro atoms. The Morgan fingerprint density at radius 3 is 2.45 bits per heavy atom. The molecule has 0 aliphatic heterocycles. The molecule has 20 heavy (non-hydrogen) atoms. The van der Waals surface area contributed by atoms with Gasteiger partial charge >= 0.3 is 0 Å². The Kier molecular flexibility index (Phi) is 7.60. The van der Waals surface area contributed by atoms with Gasteiger partial charge in [-0.25, -0.2) is 0 Å². The maximum atomic E-state index is 5.88. The van der Waals surface area contributed by atoms with Crippen LogP contribution in [0.4, 0.5) is 5.69 Å². The Morgan fingerprint density at radius 2 is 1.95 bits per heavy atom. The van der Waals surface area contributed by atoms with Crippen molar-refractivity contribution in [2.45, 2.75) is 65.5 Å². The first-order valence-electron chi connectivity index (χ1n) is 7.80. The molecule has 2 N–H and O–H groups in total. The van der Waals surface area contributed by atoms with Gasteiger partial charge in [-0.05, 0) is 66.7 Å². The highest BCUT2D eigenvalue weighted by atomic mass is 79.9. The van der Waals surface area contributed by atoms with Gasteiger partial charge in [-0.15, -0.1) is 0 Å².